The van der Waals surface area contributed by atoms with Crippen LogP contribution in [0.25, 0.3) is 11.0 Å². The zero-order chi connectivity index (χ0) is 20.6. The summed E-state index contributed by atoms with van der Waals surface area (Å²) < 4.78 is 2.59. The number of nitrogens with zero attached hydrogens (tertiary/aromatic N) is 5. The zero-order valence-electron chi connectivity index (χ0n) is 17.8. The van der Waals surface area contributed by atoms with Crippen LogP contribution in [0.5, 0.6) is 0 Å². The first-order valence-corrected chi connectivity index (χ1v) is 10.9. The van der Waals surface area contributed by atoms with Crippen molar-refractivity contribution < 1.29 is 0 Å². The Hall–Kier alpha value is -1.67. The van der Waals surface area contributed by atoms with Crippen molar-refractivity contribution in [1.29, 1.82) is 0 Å². The molecule has 0 spiro atoms. The Morgan fingerprint density at radius 3 is 2.43 bits per heavy atom. The molecule has 0 bridgehead atoms. The highest BCUT2D eigenvalue weighted by Gasteiger charge is 2.24. The highest BCUT2D eigenvalue weighted by atomic mass is 32.2. The molecular formula is C20H31N5O2S. The van der Waals surface area contributed by atoms with E-state index in [0.29, 0.717) is 27.9 Å². The molecule has 8 heteroatoms. The van der Waals surface area contributed by atoms with Gasteiger partial charge in [0.1, 0.15) is 16.2 Å². The van der Waals surface area contributed by atoms with Crippen LogP contribution in [0.3, 0.4) is 0 Å². The Labute approximate surface area is 170 Å². The molecule has 1 atom stereocenters. The van der Waals surface area contributed by atoms with Crippen molar-refractivity contribution in [2.24, 2.45) is 14.1 Å². The van der Waals surface area contributed by atoms with Gasteiger partial charge in [0.25, 0.3) is 5.56 Å². The van der Waals surface area contributed by atoms with Gasteiger partial charge in [-0.25, -0.2) is 14.8 Å². The summed E-state index contributed by atoms with van der Waals surface area (Å²) in [6.45, 7) is 7.28. The summed E-state index contributed by atoms with van der Waals surface area (Å²) in [6.07, 6.45) is 4.84. The molecule has 2 aromatic rings. The average molecular weight is 406 g/mol. The maximum Gasteiger partial charge on any atom is 0.332 e. The van der Waals surface area contributed by atoms with Gasteiger partial charge in [-0.15, -0.1) is 11.8 Å². The summed E-state index contributed by atoms with van der Waals surface area (Å²) >= 11 is 1.61. The lowest BCUT2D eigenvalue weighted by molar-refractivity contribution is 0.182. The molecule has 0 saturated carbocycles. The van der Waals surface area contributed by atoms with Crippen molar-refractivity contribution in [3.63, 3.8) is 0 Å². The van der Waals surface area contributed by atoms with Gasteiger partial charge < -0.3 is 4.90 Å². The predicted octanol–water partition coefficient (Wildman–Crippen LogP) is 2.29. The van der Waals surface area contributed by atoms with E-state index in [9.17, 15) is 9.59 Å². The van der Waals surface area contributed by atoms with Gasteiger partial charge in [0.05, 0.1) is 0 Å². The normalized spacial score (nSPS) is 18.7. The molecule has 7 nitrogen and oxygen atoms in total. The van der Waals surface area contributed by atoms with Gasteiger partial charge in [0.15, 0.2) is 5.65 Å². The highest BCUT2D eigenvalue weighted by molar-refractivity contribution is 7.99. The third kappa shape index (κ3) is 4.03. The Kier molecular flexibility index (Phi) is 6.00. The summed E-state index contributed by atoms with van der Waals surface area (Å²) in [5, 5.41) is 1.13. The fourth-order valence-electron chi connectivity index (χ4n) is 3.67. The first-order valence-electron chi connectivity index (χ1n) is 9.92. The van der Waals surface area contributed by atoms with Crippen LogP contribution in [-0.4, -0.2) is 49.4 Å². The minimum absolute atomic E-state index is 0.274. The van der Waals surface area contributed by atoms with Crippen LogP contribution in [0, 0.1) is 0 Å². The second-order valence-corrected chi connectivity index (χ2v) is 9.86. The van der Waals surface area contributed by atoms with E-state index >= 15 is 0 Å². The number of rotatable bonds is 4. The number of likely N-dealkylation sites (tertiary alicyclic amines) is 1. The summed E-state index contributed by atoms with van der Waals surface area (Å²) in [5.41, 5.74) is -0.540. The lowest BCUT2D eigenvalue weighted by atomic mass is 9.96. The number of fused-ring (bicyclic) bond motifs is 1. The molecular weight excluding hydrogens is 374 g/mol. The maximum absolute atomic E-state index is 12.8. The van der Waals surface area contributed by atoms with Gasteiger partial charge in [-0.1, -0.05) is 27.2 Å². The van der Waals surface area contributed by atoms with Gasteiger partial charge in [0, 0.05) is 31.3 Å². The average Bonchev–Trinajstić information content (AvgIpc) is 2.64. The maximum atomic E-state index is 12.8. The third-order valence-corrected chi connectivity index (χ3v) is 6.56. The smallest absolute Gasteiger partial charge is 0.303 e. The standard InChI is InChI=1S/C20H31N5O2S/c1-20(2,3)18-21-15-14(17(26)25(6)19(27)24(15)5)16(22-18)28-12-10-13-9-7-8-11-23(13)4/h13H,7-12H2,1-6H3. The van der Waals surface area contributed by atoms with E-state index in [4.69, 9.17) is 4.98 Å². The number of aryl methyl sites for hydroxylation is 1. The van der Waals surface area contributed by atoms with E-state index in [2.05, 4.69) is 16.9 Å². The van der Waals surface area contributed by atoms with Crippen LogP contribution in [0.4, 0.5) is 0 Å². The van der Waals surface area contributed by atoms with E-state index in [1.165, 1.54) is 30.9 Å². The van der Waals surface area contributed by atoms with E-state index in [1.54, 1.807) is 18.8 Å². The summed E-state index contributed by atoms with van der Waals surface area (Å²) in [5.74, 6) is 1.54. The number of piperidine rings is 1. The molecule has 154 valence electrons. The Balaban J connectivity index is 2.02. The van der Waals surface area contributed by atoms with Crippen molar-refractivity contribution in [3.05, 3.63) is 26.7 Å². The fourth-order valence-corrected chi connectivity index (χ4v) is 4.73. The zero-order valence-corrected chi connectivity index (χ0v) is 18.6. The molecule has 1 aliphatic rings. The largest absolute Gasteiger partial charge is 0.332 e. The minimum atomic E-state index is -0.365. The van der Waals surface area contributed by atoms with Crippen LogP contribution in [0.15, 0.2) is 14.6 Å². The molecule has 1 unspecified atom stereocenters. The second kappa shape index (κ2) is 7.99. The van der Waals surface area contributed by atoms with Crippen LogP contribution >= 0.6 is 11.8 Å². The molecule has 1 aliphatic heterocycles. The quantitative estimate of drug-likeness (QED) is 0.574. The van der Waals surface area contributed by atoms with Gasteiger partial charge >= 0.3 is 5.69 Å². The third-order valence-electron chi connectivity index (χ3n) is 5.55. The molecule has 1 saturated heterocycles. The lowest BCUT2D eigenvalue weighted by Crippen LogP contribution is -2.38. The van der Waals surface area contributed by atoms with Gasteiger partial charge in [-0.05, 0) is 32.9 Å². The van der Waals surface area contributed by atoms with E-state index in [0.717, 1.165) is 23.3 Å². The molecule has 2 aromatic heterocycles. The van der Waals surface area contributed by atoms with Crippen molar-refractivity contribution >= 4 is 22.8 Å². The summed E-state index contributed by atoms with van der Waals surface area (Å²) in [4.78, 5) is 37.0. The van der Waals surface area contributed by atoms with Crippen molar-refractivity contribution in [1.82, 2.24) is 24.0 Å². The molecule has 0 radical (unpaired) electrons. The van der Waals surface area contributed by atoms with Crippen LogP contribution < -0.4 is 11.2 Å². The minimum Gasteiger partial charge on any atom is -0.303 e. The monoisotopic (exact) mass is 405 g/mol. The lowest BCUT2D eigenvalue weighted by Gasteiger charge is -2.32. The molecule has 0 aromatic carbocycles. The molecule has 0 amide bonds. The summed E-state index contributed by atoms with van der Waals surface area (Å²) in [6, 6.07) is 0.587. The topological polar surface area (TPSA) is 73.0 Å². The van der Waals surface area contributed by atoms with Crippen LogP contribution in [-0.2, 0) is 19.5 Å². The number of hydrogen-bond acceptors (Lipinski definition) is 6. The second-order valence-electron chi connectivity index (χ2n) is 8.77. The van der Waals surface area contributed by atoms with Gasteiger partial charge in [0.2, 0.25) is 0 Å². The van der Waals surface area contributed by atoms with E-state index < -0.39 is 0 Å². The van der Waals surface area contributed by atoms with Crippen LogP contribution in [0.2, 0.25) is 0 Å². The molecule has 0 N–H and O–H groups in total. The number of thioether (sulfide) groups is 1. The highest BCUT2D eigenvalue weighted by Crippen LogP contribution is 2.28. The molecule has 0 aliphatic carbocycles. The molecule has 3 heterocycles. The van der Waals surface area contributed by atoms with Crippen molar-refractivity contribution in [2.75, 3.05) is 19.3 Å². The first kappa shape index (κ1) is 21.0. The number of aromatic nitrogens is 4. The Morgan fingerprint density at radius 2 is 1.79 bits per heavy atom. The SMILES string of the molecule is CN1CCCCC1CCSc1nc(C(C)(C)C)nc2c1c(=O)n(C)c(=O)n2C. The predicted molar refractivity (Wildman–Crippen MR) is 114 cm³/mol. The Bertz CT molecular complexity index is 989. The molecule has 1 fully saturated rings. The fraction of sp³-hybridized carbons (Fsp3) is 0.700. The molecule has 3 rings (SSSR count). The van der Waals surface area contributed by atoms with Crippen molar-refractivity contribution in [3.8, 4) is 0 Å². The van der Waals surface area contributed by atoms with E-state index in [-0.39, 0.29) is 16.7 Å². The van der Waals surface area contributed by atoms with Gasteiger partial charge in [-0.3, -0.25) is 13.9 Å². The molecule has 28 heavy (non-hydrogen) atoms. The first-order chi connectivity index (χ1) is 13.1. The van der Waals surface area contributed by atoms with E-state index in [1.807, 2.05) is 20.8 Å². The van der Waals surface area contributed by atoms with Crippen LogP contribution in [0.1, 0.15) is 52.3 Å². The number of hydrogen-bond donors (Lipinski definition) is 0. The van der Waals surface area contributed by atoms with Gasteiger partial charge in [-0.2, -0.15) is 0 Å². The summed E-state index contributed by atoms with van der Waals surface area (Å²) in [7, 11) is 5.36. The van der Waals surface area contributed by atoms with Crippen molar-refractivity contribution in [2.45, 2.75) is 62.9 Å². The Morgan fingerprint density at radius 1 is 1.07 bits per heavy atom.